The highest BCUT2D eigenvalue weighted by Crippen LogP contribution is 2.93. The van der Waals surface area contributed by atoms with Crippen molar-refractivity contribution >= 4 is 0 Å². The molecule has 0 amide bonds. The lowest BCUT2D eigenvalue weighted by Crippen LogP contribution is -2.52. The van der Waals surface area contributed by atoms with E-state index >= 15 is 0 Å². The van der Waals surface area contributed by atoms with Gasteiger partial charge in [-0.05, 0) is 91.8 Å². The van der Waals surface area contributed by atoms with E-state index in [1.54, 1.807) is 0 Å². The van der Waals surface area contributed by atoms with Gasteiger partial charge in [0.2, 0.25) is 0 Å². The summed E-state index contributed by atoms with van der Waals surface area (Å²) in [4.78, 5) is 4.73. The van der Waals surface area contributed by atoms with Crippen molar-refractivity contribution in [3.63, 3.8) is 0 Å². The molecule has 12 atom stereocenters. The third-order valence-corrected chi connectivity index (χ3v) is 12.6. The maximum Gasteiger partial charge on any atom is 0.0771 e. The number of hydrogen-bond donors (Lipinski definition) is 2. The lowest BCUT2D eigenvalue weighted by Gasteiger charge is -2.48. The van der Waals surface area contributed by atoms with E-state index in [0.717, 1.165) is 73.3 Å². The molecule has 202 valence electrons. The second kappa shape index (κ2) is 8.37. The Bertz CT molecular complexity index is 1100. The van der Waals surface area contributed by atoms with Crippen LogP contribution < -0.4 is 0 Å². The van der Waals surface area contributed by atoms with E-state index in [1.165, 1.54) is 17.5 Å². The summed E-state index contributed by atoms with van der Waals surface area (Å²) in [6.07, 6.45) is 3.66. The first kappa shape index (κ1) is 24.1. The minimum absolute atomic E-state index is 0.0387. The first-order valence-electron chi connectivity index (χ1n) is 15.0. The molecule has 9 rings (SSSR count). The summed E-state index contributed by atoms with van der Waals surface area (Å²) in [7, 11) is 4.36. The summed E-state index contributed by atoms with van der Waals surface area (Å²) in [5, 5.41) is 20.5. The van der Waals surface area contributed by atoms with Gasteiger partial charge in [0.25, 0.3) is 0 Å². The summed E-state index contributed by atoms with van der Waals surface area (Å²) in [5.74, 6) is 6.69. The number of benzene rings is 2. The van der Waals surface area contributed by atoms with Crippen molar-refractivity contribution < 1.29 is 14.9 Å². The lowest BCUT2D eigenvalue weighted by molar-refractivity contribution is -0.0867. The van der Waals surface area contributed by atoms with Gasteiger partial charge in [0.1, 0.15) is 0 Å². The third-order valence-electron chi connectivity index (χ3n) is 12.6. The molecule has 0 spiro atoms. The number of aliphatic hydroxyl groups excluding tert-OH is 2. The van der Waals surface area contributed by atoms with Gasteiger partial charge in [-0.25, -0.2) is 0 Å². The second-order valence-corrected chi connectivity index (χ2v) is 13.5. The summed E-state index contributed by atoms with van der Waals surface area (Å²) in [6.45, 7) is 2.23. The van der Waals surface area contributed by atoms with Gasteiger partial charge in [0, 0.05) is 13.1 Å². The Morgan fingerprint density at radius 3 is 1.53 bits per heavy atom. The van der Waals surface area contributed by atoms with Crippen LogP contribution in [0.4, 0.5) is 0 Å². The minimum Gasteiger partial charge on any atom is -0.394 e. The number of aliphatic hydroxyl groups is 2. The summed E-state index contributed by atoms with van der Waals surface area (Å²) < 4.78 is 7.50. The van der Waals surface area contributed by atoms with Crippen LogP contribution in [-0.4, -0.2) is 71.6 Å². The topological polar surface area (TPSA) is 56.2 Å². The summed E-state index contributed by atoms with van der Waals surface area (Å²) >= 11 is 0. The zero-order chi connectivity index (χ0) is 25.8. The molecule has 0 aromatic heterocycles. The Labute approximate surface area is 226 Å². The normalized spacial score (nSPS) is 43.6. The zero-order valence-corrected chi connectivity index (χ0v) is 22.7. The van der Waals surface area contributed by atoms with Gasteiger partial charge in [-0.15, -0.1) is 0 Å². The number of likely N-dealkylation sites (N-methyl/N-ethyl adjacent to an activating group) is 2. The Morgan fingerprint density at radius 2 is 1.13 bits per heavy atom. The first-order valence-corrected chi connectivity index (χ1v) is 15.0. The molecule has 7 fully saturated rings. The van der Waals surface area contributed by atoms with E-state index < -0.39 is 0 Å². The van der Waals surface area contributed by atoms with Crippen LogP contribution in [0.1, 0.15) is 42.5 Å². The van der Waals surface area contributed by atoms with E-state index in [-0.39, 0.29) is 36.5 Å². The smallest absolute Gasteiger partial charge is 0.0771 e. The van der Waals surface area contributed by atoms with Crippen LogP contribution in [0.15, 0.2) is 60.7 Å². The van der Waals surface area contributed by atoms with Gasteiger partial charge >= 0.3 is 0 Å². The van der Waals surface area contributed by atoms with Crippen molar-refractivity contribution in [2.24, 2.45) is 47.3 Å². The average molecular weight is 515 g/mol. The molecule has 7 aliphatic rings. The Balaban J connectivity index is 1.02. The monoisotopic (exact) mass is 514 g/mol. The molecule has 2 aromatic rings. The molecule has 5 heteroatoms. The molecule has 2 heterocycles. The molecule has 2 N–H and O–H groups in total. The fourth-order valence-electron chi connectivity index (χ4n) is 11.6. The van der Waals surface area contributed by atoms with Crippen LogP contribution in [0, 0.1) is 47.3 Å². The Hall–Kier alpha value is -1.76. The number of hydrogen-bond acceptors (Lipinski definition) is 5. The van der Waals surface area contributed by atoms with E-state index in [4.69, 9.17) is 4.74 Å². The SMILES string of the molecule is CN(CCC12OC3(CCN(C)[C@H](CO)c4ccccc4)C4C5CC(C6C5C3C61)C42)[C@H](CO)c1ccccc1. The van der Waals surface area contributed by atoms with Gasteiger partial charge in [-0.1, -0.05) is 60.7 Å². The maximum absolute atomic E-state index is 10.2. The van der Waals surface area contributed by atoms with Crippen molar-refractivity contribution in [3.05, 3.63) is 71.8 Å². The van der Waals surface area contributed by atoms with Gasteiger partial charge in [0.15, 0.2) is 0 Å². The third kappa shape index (κ3) is 2.80. The standard InChI is InChI=1S/C33H42N2O3/c1-34(24(18-36)20-9-5-3-6-10-20)15-13-32-28-22-17-23-27-26(22)30(32)31(27)33(38-32,29(23)28)14-16-35(2)25(19-37)21-11-7-4-8-12-21/h3-12,22-31,36-37H,13-19H2,1-2H3/t22?,23?,24-,25-,26?,27?,28?,29?,30?,31?,32?,33?/m1/s1. The van der Waals surface area contributed by atoms with Crippen LogP contribution in [-0.2, 0) is 4.74 Å². The predicted molar refractivity (Wildman–Crippen MR) is 146 cm³/mol. The molecule has 38 heavy (non-hydrogen) atoms. The molecule has 5 saturated carbocycles. The van der Waals surface area contributed by atoms with E-state index in [0.29, 0.717) is 0 Å². The molecule has 2 saturated heterocycles. The quantitative estimate of drug-likeness (QED) is 0.449. The Kier molecular flexibility index (Phi) is 5.30. The van der Waals surface area contributed by atoms with Gasteiger partial charge < -0.3 is 14.9 Å². The molecular formula is C33H42N2O3. The minimum atomic E-state index is 0.0387. The van der Waals surface area contributed by atoms with Crippen LogP contribution in [0.2, 0.25) is 0 Å². The van der Waals surface area contributed by atoms with Gasteiger partial charge in [0.05, 0.1) is 36.5 Å². The summed E-state index contributed by atoms with van der Waals surface area (Å²) in [6, 6.07) is 21.0. The lowest BCUT2D eigenvalue weighted by atomic mass is 9.54. The highest BCUT2D eigenvalue weighted by Gasteiger charge is 2.96. The maximum atomic E-state index is 10.2. The number of rotatable bonds is 12. The fourth-order valence-corrected chi connectivity index (χ4v) is 11.6. The zero-order valence-electron chi connectivity index (χ0n) is 22.7. The van der Waals surface area contributed by atoms with Crippen molar-refractivity contribution in [1.29, 1.82) is 0 Å². The largest absolute Gasteiger partial charge is 0.394 e. The predicted octanol–water partition coefficient (Wildman–Crippen LogP) is 3.99. The molecule has 4 bridgehead atoms. The summed E-state index contributed by atoms with van der Waals surface area (Å²) in [5.41, 5.74) is 2.51. The Morgan fingerprint density at radius 1 is 0.711 bits per heavy atom. The van der Waals surface area contributed by atoms with Crippen LogP contribution in [0.5, 0.6) is 0 Å². The number of ether oxygens (including phenoxy) is 1. The molecule has 2 aromatic carbocycles. The fraction of sp³-hybridized carbons (Fsp3) is 0.636. The van der Waals surface area contributed by atoms with E-state index in [1.807, 2.05) is 12.1 Å². The van der Waals surface area contributed by atoms with Gasteiger partial charge in [-0.3, -0.25) is 9.80 Å². The van der Waals surface area contributed by atoms with Crippen LogP contribution in [0.3, 0.4) is 0 Å². The molecule has 5 nitrogen and oxygen atoms in total. The van der Waals surface area contributed by atoms with Crippen molar-refractivity contribution in [3.8, 4) is 0 Å². The molecule has 0 radical (unpaired) electrons. The highest BCUT2D eigenvalue weighted by molar-refractivity contribution is 5.43. The molecule has 5 aliphatic carbocycles. The second-order valence-electron chi connectivity index (χ2n) is 13.5. The van der Waals surface area contributed by atoms with E-state index in [2.05, 4.69) is 72.4 Å². The van der Waals surface area contributed by atoms with Crippen molar-refractivity contribution in [2.45, 2.75) is 42.5 Å². The van der Waals surface area contributed by atoms with Crippen LogP contribution >= 0.6 is 0 Å². The number of nitrogens with zero attached hydrogens (tertiary/aromatic N) is 2. The molecule has 10 unspecified atom stereocenters. The van der Waals surface area contributed by atoms with Gasteiger partial charge in [-0.2, -0.15) is 0 Å². The van der Waals surface area contributed by atoms with Crippen molar-refractivity contribution in [1.82, 2.24) is 9.80 Å². The average Bonchev–Trinajstić information content (AvgIpc) is 3.61. The van der Waals surface area contributed by atoms with Crippen LogP contribution in [0.25, 0.3) is 0 Å². The molecular weight excluding hydrogens is 472 g/mol. The molecule has 2 aliphatic heterocycles. The highest BCUT2D eigenvalue weighted by atomic mass is 16.5. The van der Waals surface area contributed by atoms with Crippen molar-refractivity contribution in [2.75, 3.05) is 40.4 Å². The van der Waals surface area contributed by atoms with E-state index in [9.17, 15) is 10.2 Å². The first-order chi connectivity index (χ1) is 18.6.